The fourth-order valence-electron chi connectivity index (χ4n) is 4.74. The first-order valence-electron chi connectivity index (χ1n) is 11.3. The fraction of sp³-hybridized carbons (Fsp3) is 0.259. The lowest BCUT2D eigenvalue weighted by Gasteiger charge is -2.10. The minimum atomic E-state index is -0.366. The molecule has 1 N–H and O–H groups in total. The van der Waals surface area contributed by atoms with Crippen molar-refractivity contribution in [1.82, 2.24) is 19.4 Å². The van der Waals surface area contributed by atoms with Crippen LogP contribution in [-0.2, 0) is 16.1 Å². The van der Waals surface area contributed by atoms with Crippen molar-refractivity contribution >= 4 is 44.9 Å². The minimum Gasteiger partial charge on any atom is -0.347 e. The van der Waals surface area contributed by atoms with E-state index in [1.807, 2.05) is 49.0 Å². The SMILES string of the molecule is Cc1ccc2c(ccn2C2=C(c3cn(CCCN(C)C)c4ccc(C)cc34)C(=O)NC2=O)c1. The van der Waals surface area contributed by atoms with E-state index in [-0.39, 0.29) is 11.8 Å². The quantitative estimate of drug-likeness (QED) is 0.458. The minimum absolute atomic E-state index is 0.349. The molecule has 0 bridgehead atoms. The summed E-state index contributed by atoms with van der Waals surface area (Å²) in [5.74, 6) is -0.716. The molecule has 0 spiro atoms. The third-order valence-electron chi connectivity index (χ3n) is 6.30. The molecule has 0 saturated heterocycles. The topological polar surface area (TPSA) is 59.3 Å². The van der Waals surface area contributed by atoms with Gasteiger partial charge in [0.2, 0.25) is 0 Å². The number of amides is 2. The van der Waals surface area contributed by atoms with Crippen LogP contribution in [0.4, 0.5) is 0 Å². The molecule has 33 heavy (non-hydrogen) atoms. The van der Waals surface area contributed by atoms with Crippen LogP contribution in [0, 0.1) is 13.8 Å². The number of aromatic nitrogens is 2. The molecule has 0 atom stereocenters. The monoisotopic (exact) mass is 440 g/mol. The van der Waals surface area contributed by atoms with E-state index in [2.05, 4.69) is 53.1 Å². The maximum atomic E-state index is 13.1. The van der Waals surface area contributed by atoms with Gasteiger partial charge in [0.1, 0.15) is 5.70 Å². The maximum absolute atomic E-state index is 13.1. The van der Waals surface area contributed by atoms with E-state index >= 15 is 0 Å². The first-order valence-corrected chi connectivity index (χ1v) is 11.3. The van der Waals surface area contributed by atoms with Gasteiger partial charge in [-0.25, -0.2) is 0 Å². The number of hydrogen-bond acceptors (Lipinski definition) is 3. The molecule has 1 aliphatic rings. The van der Waals surface area contributed by atoms with Crippen molar-refractivity contribution in [3.8, 4) is 0 Å². The highest BCUT2D eigenvalue weighted by Gasteiger charge is 2.34. The van der Waals surface area contributed by atoms with E-state index in [9.17, 15) is 9.59 Å². The molecule has 6 nitrogen and oxygen atoms in total. The van der Waals surface area contributed by atoms with Crippen LogP contribution in [0.3, 0.4) is 0 Å². The number of rotatable bonds is 6. The number of aryl methyl sites for hydroxylation is 3. The van der Waals surface area contributed by atoms with Gasteiger partial charge >= 0.3 is 0 Å². The second-order valence-electron chi connectivity index (χ2n) is 9.17. The maximum Gasteiger partial charge on any atom is 0.275 e. The molecule has 168 valence electrons. The van der Waals surface area contributed by atoms with Crippen LogP contribution in [-0.4, -0.2) is 46.5 Å². The molecule has 2 aromatic heterocycles. The van der Waals surface area contributed by atoms with E-state index in [1.54, 1.807) is 0 Å². The zero-order chi connectivity index (χ0) is 23.3. The lowest BCUT2D eigenvalue weighted by atomic mass is 10.0. The Labute approximate surface area is 193 Å². The summed E-state index contributed by atoms with van der Waals surface area (Å²) < 4.78 is 4.04. The van der Waals surface area contributed by atoms with E-state index in [0.717, 1.165) is 58.0 Å². The average Bonchev–Trinajstić information content (AvgIpc) is 3.40. The van der Waals surface area contributed by atoms with E-state index < -0.39 is 0 Å². The number of imide groups is 1. The van der Waals surface area contributed by atoms with Gasteiger partial charge in [0.15, 0.2) is 0 Å². The molecule has 0 fully saturated rings. The van der Waals surface area contributed by atoms with Crippen LogP contribution >= 0.6 is 0 Å². The van der Waals surface area contributed by atoms with Crippen LogP contribution < -0.4 is 5.32 Å². The number of fused-ring (bicyclic) bond motifs is 2. The van der Waals surface area contributed by atoms with E-state index in [4.69, 9.17) is 0 Å². The fourth-order valence-corrected chi connectivity index (χ4v) is 4.74. The molecule has 2 amide bonds. The number of benzene rings is 2. The lowest BCUT2D eigenvalue weighted by Crippen LogP contribution is -2.23. The molecule has 0 unspecified atom stereocenters. The first-order chi connectivity index (χ1) is 15.8. The predicted molar refractivity (Wildman–Crippen MR) is 133 cm³/mol. The zero-order valence-electron chi connectivity index (χ0n) is 19.5. The molecule has 6 heteroatoms. The Morgan fingerprint density at radius 1 is 0.909 bits per heavy atom. The third-order valence-corrected chi connectivity index (χ3v) is 6.30. The van der Waals surface area contributed by atoms with Crippen molar-refractivity contribution in [3.05, 3.63) is 71.5 Å². The van der Waals surface area contributed by atoms with Gasteiger partial charge in [0.05, 0.1) is 11.1 Å². The predicted octanol–water partition coefficient (Wildman–Crippen LogP) is 4.19. The number of carbonyl (C=O) groups is 2. The van der Waals surface area contributed by atoms with E-state index in [1.165, 1.54) is 0 Å². The first kappa shape index (κ1) is 21.2. The lowest BCUT2D eigenvalue weighted by molar-refractivity contribution is -0.122. The van der Waals surface area contributed by atoms with Crippen molar-refractivity contribution in [1.29, 1.82) is 0 Å². The highest BCUT2D eigenvalue weighted by molar-refractivity contribution is 6.47. The van der Waals surface area contributed by atoms with Crippen LogP contribution in [0.2, 0.25) is 0 Å². The summed E-state index contributed by atoms with van der Waals surface area (Å²) in [5.41, 5.74) is 5.85. The normalized spacial score (nSPS) is 14.3. The van der Waals surface area contributed by atoms with Crippen molar-refractivity contribution in [2.75, 3.05) is 20.6 Å². The molecule has 1 aliphatic heterocycles. The van der Waals surface area contributed by atoms with Crippen molar-refractivity contribution in [3.63, 3.8) is 0 Å². The Bertz CT molecular complexity index is 1450. The van der Waals surface area contributed by atoms with Gasteiger partial charge in [0.25, 0.3) is 11.8 Å². The number of nitrogens with zero attached hydrogens (tertiary/aromatic N) is 3. The number of nitrogens with one attached hydrogen (secondary N) is 1. The molecule has 3 heterocycles. The highest BCUT2D eigenvalue weighted by Crippen LogP contribution is 2.36. The smallest absolute Gasteiger partial charge is 0.275 e. The molecular weight excluding hydrogens is 412 g/mol. The summed E-state index contributed by atoms with van der Waals surface area (Å²) in [6.45, 7) is 5.90. The van der Waals surface area contributed by atoms with Gasteiger partial charge in [-0.1, -0.05) is 23.3 Å². The van der Waals surface area contributed by atoms with Crippen molar-refractivity contribution in [2.45, 2.75) is 26.8 Å². The van der Waals surface area contributed by atoms with Gasteiger partial charge in [-0.05, 0) is 71.2 Å². The molecule has 2 aromatic carbocycles. The molecular formula is C27H28N4O2. The number of carbonyl (C=O) groups excluding carboxylic acids is 2. The van der Waals surface area contributed by atoms with Gasteiger partial charge in [-0.15, -0.1) is 0 Å². The number of hydrogen-bond donors (Lipinski definition) is 1. The van der Waals surface area contributed by atoms with Crippen LogP contribution in [0.5, 0.6) is 0 Å². The summed E-state index contributed by atoms with van der Waals surface area (Å²) in [7, 11) is 4.13. The molecule has 4 aromatic rings. The molecule has 0 radical (unpaired) electrons. The highest BCUT2D eigenvalue weighted by atomic mass is 16.2. The van der Waals surface area contributed by atoms with Gasteiger partial charge in [0, 0.05) is 40.8 Å². The Kier molecular flexibility index (Phi) is 5.17. The van der Waals surface area contributed by atoms with Gasteiger partial charge in [-0.3, -0.25) is 14.9 Å². The largest absolute Gasteiger partial charge is 0.347 e. The van der Waals surface area contributed by atoms with Gasteiger partial charge < -0.3 is 14.0 Å². The molecule has 0 saturated carbocycles. The molecule has 5 rings (SSSR count). The van der Waals surface area contributed by atoms with Gasteiger partial charge in [-0.2, -0.15) is 0 Å². The Balaban J connectivity index is 1.72. The molecule has 0 aliphatic carbocycles. The van der Waals surface area contributed by atoms with Crippen LogP contribution in [0.25, 0.3) is 33.1 Å². The second kappa shape index (κ2) is 8.05. The second-order valence-corrected chi connectivity index (χ2v) is 9.17. The Morgan fingerprint density at radius 3 is 2.39 bits per heavy atom. The summed E-state index contributed by atoms with van der Waals surface area (Å²) in [4.78, 5) is 28.3. The zero-order valence-corrected chi connectivity index (χ0v) is 19.5. The Morgan fingerprint density at radius 2 is 1.64 bits per heavy atom. The summed E-state index contributed by atoms with van der Waals surface area (Å²) in [6.07, 6.45) is 4.89. The Hall–Kier alpha value is -3.64. The summed E-state index contributed by atoms with van der Waals surface area (Å²) in [6, 6.07) is 14.4. The van der Waals surface area contributed by atoms with Crippen LogP contribution in [0.1, 0.15) is 23.1 Å². The average molecular weight is 441 g/mol. The summed E-state index contributed by atoms with van der Waals surface area (Å²) >= 11 is 0. The van der Waals surface area contributed by atoms with Crippen molar-refractivity contribution < 1.29 is 9.59 Å². The van der Waals surface area contributed by atoms with Crippen LogP contribution in [0.15, 0.2) is 54.9 Å². The summed E-state index contributed by atoms with van der Waals surface area (Å²) in [5, 5.41) is 4.57. The third kappa shape index (κ3) is 3.66. The standard InChI is InChI=1S/C27H28N4O2/c1-17-6-8-22-19(14-17)10-13-31(22)25-24(26(32)28-27(25)33)21-16-30(12-5-11-29(3)4)23-9-7-18(2)15-20(21)23/h6-10,13-16H,5,11-12H2,1-4H3,(H,28,32,33). The van der Waals surface area contributed by atoms with E-state index in [0.29, 0.717) is 11.3 Å². The van der Waals surface area contributed by atoms with Crippen molar-refractivity contribution in [2.24, 2.45) is 0 Å².